The van der Waals surface area contributed by atoms with Crippen LogP contribution in [0.15, 0.2) is 23.2 Å². The number of aryl methyl sites for hydroxylation is 1. The lowest BCUT2D eigenvalue weighted by Gasteiger charge is -2.40. The largest absolute Gasteiger partial charge is 0.390 e. The average molecular weight is 467 g/mol. The van der Waals surface area contributed by atoms with Gasteiger partial charge in [0.1, 0.15) is 6.10 Å². The number of nitrogens with zero attached hydrogens (tertiary/aromatic N) is 2. The Balaban J connectivity index is 1.47. The minimum atomic E-state index is -1.02. The zero-order valence-electron chi connectivity index (χ0n) is 17.2. The first-order valence-corrected chi connectivity index (χ1v) is 11.7. The zero-order chi connectivity index (χ0) is 22.3. The van der Waals surface area contributed by atoms with Crippen molar-refractivity contribution in [1.82, 2.24) is 4.90 Å². The molecule has 2 fully saturated rings. The van der Waals surface area contributed by atoms with Gasteiger partial charge in [0, 0.05) is 35.0 Å². The van der Waals surface area contributed by atoms with Gasteiger partial charge in [-0.1, -0.05) is 29.4 Å². The molecule has 5 N–H and O–H groups in total. The van der Waals surface area contributed by atoms with Gasteiger partial charge in [-0.25, -0.2) is 0 Å². The molecule has 1 saturated carbocycles. The summed E-state index contributed by atoms with van der Waals surface area (Å²) in [6.45, 7) is 2.86. The number of carbonyl (C=O) groups is 2. The number of aliphatic hydroxyl groups excluding tert-OH is 2. The molecular weight excluding hydrogens is 440 g/mol. The highest BCUT2D eigenvalue weighted by atomic mass is 35.5. The Kier molecular flexibility index (Phi) is 6.48. The van der Waals surface area contributed by atoms with Crippen molar-refractivity contribution in [2.45, 2.75) is 49.7 Å². The molecule has 10 heteroatoms. The Morgan fingerprint density at radius 1 is 1.29 bits per heavy atom. The van der Waals surface area contributed by atoms with E-state index in [2.05, 4.69) is 10.3 Å². The lowest BCUT2D eigenvalue weighted by Crippen LogP contribution is -2.55. The molecule has 0 spiro atoms. The summed E-state index contributed by atoms with van der Waals surface area (Å²) in [5.41, 5.74) is 7.13. The lowest BCUT2D eigenvalue weighted by atomic mass is 9.80. The van der Waals surface area contributed by atoms with Crippen LogP contribution in [-0.2, 0) is 9.59 Å². The van der Waals surface area contributed by atoms with Crippen molar-refractivity contribution in [2.24, 2.45) is 22.6 Å². The third-order valence-electron chi connectivity index (χ3n) is 6.44. The van der Waals surface area contributed by atoms with Crippen LogP contribution >= 0.6 is 23.4 Å². The smallest absolute Gasteiger partial charge is 0.227 e. The molecule has 0 aromatic heterocycles. The van der Waals surface area contributed by atoms with Gasteiger partial charge in [-0.3, -0.25) is 14.6 Å². The van der Waals surface area contributed by atoms with Crippen molar-refractivity contribution in [3.05, 3.63) is 28.8 Å². The molecule has 31 heavy (non-hydrogen) atoms. The van der Waals surface area contributed by atoms with Crippen LogP contribution in [-0.4, -0.2) is 68.7 Å². The minimum absolute atomic E-state index is 0.0637. The van der Waals surface area contributed by atoms with Crippen molar-refractivity contribution in [2.75, 3.05) is 18.4 Å². The number of thioether (sulfide) groups is 1. The molecule has 1 aromatic carbocycles. The summed E-state index contributed by atoms with van der Waals surface area (Å²) in [6, 6.07) is 5.02. The number of likely N-dealkylation sites (tertiary alicyclic amines) is 1. The van der Waals surface area contributed by atoms with Gasteiger partial charge in [0.25, 0.3) is 0 Å². The number of aliphatic imine (C=N–C) groups is 1. The molecule has 2 aliphatic heterocycles. The van der Waals surface area contributed by atoms with Gasteiger partial charge in [0.15, 0.2) is 5.17 Å². The maximum Gasteiger partial charge on any atom is 0.227 e. The predicted molar refractivity (Wildman–Crippen MR) is 121 cm³/mol. The highest BCUT2D eigenvalue weighted by molar-refractivity contribution is 8.15. The van der Waals surface area contributed by atoms with Crippen molar-refractivity contribution < 1.29 is 19.8 Å². The summed E-state index contributed by atoms with van der Waals surface area (Å²) in [5.74, 6) is -1.05. The molecular formula is C21H27ClN4O4S. The number of piperidine rings is 1. The van der Waals surface area contributed by atoms with Crippen molar-refractivity contribution in [3.63, 3.8) is 0 Å². The first kappa shape index (κ1) is 22.4. The van der Waals surface area contributed by atoms with Crippen LogP contribution in [0, 0.1) is 18.8 Å². The van der Waals surface area contributed by atoms with E-state index in [0.717, 1.165) is 11.3 Å². The Bertz CT molecular complexity index is 905. The van der Waals surface area contributed by atoms with Crippen LogP contribution in [0.1, 0.15) is 24.8 Å². The topological polar surface area (TPSA) is 128 Å². The predicted octanol–water partition coefficient (Wildman–Crippen LogP) is 1.37. The summed E-state index contributed by atoms with van der Waals surface area (Å²) >= 11 is 7.62. The number of hydrogen-bond donors (Lipinski definition) is 4. The summed E-state index contributed by atoms with van der Waals surface area (Å²) in [7, 11) is 0. The number of aliphatic hydroxyl groups is 2. The highest BCUT2D eigenvalue weighted by Gasteiger charge is 2.51. The van der Waals surface area contributed by atoms with E-state index in [1.165, 1.54) is 11.8 Å². The van der Waals surface area contributed by atoms with Crippen LogP contribution in [0.3, 0.4) is 0 Å². The average Bonchev–Trinajstić information content (AvgIpc) is 3.17. The van der Waals surface area contributed by atoms with Gasteiger partial charge in [-0.05, 0) is 43.9 Å². The standard InChI is InChI=1S/C21H27ClN4O4S/c1-10-2-3-12(8-14(10)22)24-21-25-16-17(28)15(27)9-13(18(16)31-21)20(30)26-6-4-11(5-7-26)19(23)29/h2-3,8,11,13,15-18,27-28H,4-7,9H2,1H3,(H2,23,29)(H,24,25)/t13-,15+,16-,17-,18+/m0/s1. The van der Waals surface area contributed by atoms with Crippen LogP contribution in [0.2, 0.25) is 5.02 Å². The van der Waals surface area contributed by atoms with E-state index in [1.54, 1.807) is 11.0 Å². The number of halogens is 1. The molecule has 0 bridgehead atoms. The lowest BCUT2D eigenvalue weighted by molar-refractivity contribution is -0.142. The fourth-order valence-corrected chi connectivity index (χ4v) is 6.06. The molecule has 1 saturated heterocycles. The molecule has 4 rings (SSSR count). The highest BCUT2D eigenvalue weighted by Crippen LogP contribution is 2.42. The number of anilines is 1. The molecule has 2 heterocycles. The molecule has 0 unspecified atom stereocenters. The number of primary amides is 1. The van der Waals surface area contributed by atoms with E-state index in [1.807, 2.05) is 19.1 Å². The molecule has 8 nitrogen and oxygen atoms in total. The van der Waals surface area contributed by atoms with Gasteiger partial charge >= 0.3 is 0 Å². The van der Waals surface area contributed by atoms with E-state index in [-0.39, 0.29) is 29.4 Å². The molecule has 2 amide bonds. The van der Waals surface area contributed by atoms with Gasteiger partial charge in [0.2, 0.25) is 11.8 Å². The fourth-order valence-electron chi connectivity index (χ4n) is 4.51. The number of fused-ring (bicyclic) bond motifs is 1. The van der Waals surface area contributed by atoms with Crippen molar-refractivity contribution in [3.8, 4) is 0 Å². The van der Waals surface area contributed by atoms with E-state index in [0.29, 0.717) is 36.1 Å². The second-order valence-corrected chi connectivity index (χ2v) is 10.1. The summed E-state index contributed by atoms with van der Waals surface area (Å²) in [6.07, 6.45) is -0.753. The molecule has 5 atom stereocenters. The Hall–Kier alpha value is -1.81. The molecule has 0 radical (unpaired) electrons. The van der Waals surface area contributed by atoms with Gasteiger partial charge in [0.05, 0.1) is 18.1 Å². The Morgan fingerprint density at radius 2 is 2.00 bits per heavy atom. The third-order valence-corrected chi connectivity index (χ3v) is 8.15. The normalized spacial score (nSPS) is 31.2. The van der Waals surface area contributed by atoms with E-state index < -0.39 is 24.2 Å². The fraction of sp³-hybridized carbons (Fsp3) is 0.571. The summed E-state index contributed by atoms with van der Waals surface area (Å²) < 4.78 is 0. The number of amidine groups is 1. The van der Waals surface area contributed by atoms with Crippen LogP contribution in [0.25, 0.3) is 0 Å². The number of nitrogens with two attached hydrogens (primary N) is 1. The second kappa shape index (κ2) is 8.97. The number of amides is 2. The van der Waals surface area contributed by atoms with Gasteiger partial charge in [-0.15, -0.1) is 0 Å². The van der Waals surface area contributed by atoms with Crippen molar-refractivity contribution in [1.29, 1.82) is 0 Å². The summed E-state index contributed by atoms with van der Waals surface area (Å²) in [4.78, 5) is 31.0. The molecule has 1 aromatic rings. The van der Waals surface area contributed by atoms with Gasteiger partial charge in [-0.2, -0.15) is 0 Å². The van der Waals surface area contributed by atoms with E-state index >= 15 is 0 Å². The van der Waals surface area contributed by atoms with Gasteiger partial charge < -0.3 is 26.2 Å². The van der Waals surface area contributed by atoms with Crippen LogP contribution in [0.5, 0.6) is 0 Å². The Labute approximate surface area is 190 Å². The summed E-state index contributed by atoms with van der Waals surface area (Å²) in [5, 5.41) is 25.1. The van der Waals surface area contributed by atoms with E-state index in [4.69, 9.17) is 17.3 Å². The van der Waals surface area contributed by atoms with Crippen LogP contribution in [0.4, 0.5) is 5.69 Å². The number of nitrogens with one attached hydrogen (secondary N) is 1. The molecule has 1 aliphatic carbocycles. The zero-order valence-corrected chi connectivity index (χ0v) is 18.8. The SMILES string of the molecule is Cc1ccc(NC2=N[C@H]3[C@@H](O)[C@H](O)C[C@H](C(=O)N4CCC(C(N)=O)CC4)[C@H]3S2)cc1Cl. The third kappa shape index (κ3) is 4.55. The number of rotatable bonds is 3. The maximum absolute atomic E-state index is 13.3. The number of hydrogen-bond acceptors (Lipinski definition) is 7. The van der Waals surface area contributed by atoms with E-state index in [9.17, 15) is 19.8 Å². The maximum atomic E-state index is 13.3. The number of carbonyl (C=O) groups excluding carboxylic acids is 2. The van der Waals surface area contributed by atoms with Crippen LogP contribution < -0.4 is 11.1 Å². The minimum Gasteiger partial charge on any atom is -0.390 e. The Morgan fingerprint density at radius 3 is 2.65 bits per heavy atom. The molecule has 168 valence electrons. The first-order valence-electron chi connectivity index (χ1n) is 10.5. The second-order valence-electron chi connectivity index (χ2n) is 8.50. The van der Waals surface area contributed by atoms with Crippen molar-refractivity contribution >= 4 is 46.0 Å². The molecule has 3 aliphatic rings. The first-order chi connectivity index (χ1) is 14.7. The quantitative estimate of drug-likeness (QED) is 0.532. The monoisotopic (exact) mass is 466 g/mol. The number of benzene rings is 1.